The number of methoxy groups -OCH3 is 1. The number of rotatable bonds is 3. The van der Waals surface area contributed by atoms with Gasteiger partial charge in [0.05, 0.1) is 12.0 Å². The number of esters is 1. The maximum Gasteiger partial charge on any atom is 0.331 e. The van der Waals surface area contributed by atoms with Crippen LogP contribution >= 0.6 is 11.8 Å². The third-order valence-corrected chi connectivity index (χ3v) is 6.90. The Morgan fingerprint density at radius 1 is 1.26 bits per heavy atom. The highest BCUT2D eigenvalue weighted by atomic mass is 32.2. The average molecular weight is 340 g/mol. The highest BCUT2D eigenvalue weighted by molar-refractivity contribution is 8.01. The topological polar surface area (TPSA) is 75.7 Å². The van der Waals surface area contributed by atoms with Gasteiger partial charge in [0.2, 0.25) is 11.8 Å². The number of thioether (sulfide) groups is 1. The van der Waals surface area contributed by atoms with Crippen molar-refractivity contribution in [2.45, 2.75) is 68.3 Å². The van der Waals surface area contributed by atoms with Crippen LogP contribution in [0.15, 0.2) is 0 Å². The van der Waals surface area contributed by atoms with Crippen LogP contribution in [0.2, 0.25) is 0 Å². The lowest BCUT2D eigenvalue weighted by atomic mass is 9.81. The molecule has 3 fully saturated rings. The number of fused-ring (bicyclic) bond motifs is 1. The van der Waals surface area contributed by atoms with Gasteiger partial charge >= 0.3 is 5.97 Å². The first-order valence-electron chi connectivity index (χ1n) is 8.28. The molecule has 128 valence electrons. The number of nitrogens with zero attached hydrogens (tertiary/aromatic N) is 1. The summed E-state index contributed by atoms with van der Waals surface area (Å²) in [6.45, 7) is 2.02. The van der Waals surface area contributed by atoms with E-state index in [-0.39, 0.29) is 22.7 Å². The van der Waals surface area contributed by atoms with Crippen LogP contribution in [0.3, 0.4) is 0 Å². The van der Waals surface area contributed by atoms with Crippen LogP contribution in [0.25, 0.3) is 0 Å². The van der Waals surface area contributed by atoms with Crippen LogP contribution < -0.4 is 5.32 Å². The summed E-state index contributed by atoms with van der Waals surface area (Å²) in [6, 6.07) is -0.483. The summed E-state index contributed by atoms with van der Waals surface area (Å²) in [7, 11) is 1.36. The molecular formula is C16H24N2O4S. The fourth-order valence-electron chi connectivity index (χ4n) is 4.06. The van der Waals surface area contributed by atoms with Crippen LogP contribution in [0.4, 0.5) is 0 Å². The van der Waals surface area contributed by atoms with E-state index in [1.807, 2.05) is 6.92 Å². The molecule has 0 aromatic carbocycles. The number of amides is 2. The molecular weight excluding hydrogens is 316 g/mol. The number of carbonyl (C=O) groups is 3. The average Bonchev–Trinajstić information content (AvgIpc) is 3.04. The van der Waals surface area contributed by atoms with E-state index in [0.717, 1.165) is 25.7 Å². The van der Waals surface area contributed by atoms with E-state index >= 15 is 0 Å². The molecule has 0 spiro atoms. The lowest BCUT2D eigenvalue weighted by Gasteiger charge is -2.37. The van der Waals surface area contributed by atoms with E-state index in [9.17, 15) is 14.4 Å². The van der Waals surface area contributed by atoms with Crippen molar-refractivity contribution < 1.29 is 19.1 Å². The molecule has 2 aliphatic heterocycles. The van der Waals surface area contributed by atoms with Crippen molar-refractivity contribution >= 4 is 29.5 Å². The van der Waals surface area contributed by atoms with Gasteiger partial charge in [-0.2, -0.15) is 0 Å². The van der Waals surface area contributed by atoms with Crippen molar-refractivity contribution in [2.24, 2.45) is 0 Å². The Hall–Kier alpha value is -1.24. The molecule has 6 nitrogen and oxygen atoms in total. The smallest absolute Gasteiger partial charge is 0.331 e. The van der Waals surface area contributed by atoms with Crippen molar-refractivity contribution in [1.82, 2.24) is 10.2 Å². The number of hydrogen-bond donors (Lipinski definition) is 1. The quantitative estimate of drug-likeness (QED) is 0.787. The van der Waals surface area contributed by atoms with Crippen LogP contribution in [0.1, 0.15) is 51.9 Å². The first kappa shape index (κ1) is 16.6. The van der Waals surface area contributed by atoms with Gasteiger partial charge in [-0.1, -0.05) is 19.3 Å². The van der Waals surface area contributed by atoms with Crippen molar-refractivity contribution in [3.05, 3.63) is 0 Å². The molecule has 0 aromatic rings. The Bertz CT molecular complexity index is 532. The molecule has 2 saturated heterocycles. The summed E-state index contributed by atoms with van der Waals surface area (Å²) in [4.78, 5) is 38.7. The minimum absolute atomic E-state index is 0.0356. The van der Waals surface area contributed by atoms with Crippen LogP contribution in [0.5, 0.6) is 0 Å². The van der Waals surface area contributed by atoms with Gasteiger partial charge in [-0.25, -0.2) is 4.79 Å². The predicted molar refractivity (Wildman–Crippen MR) is 86.7 cm³/mol. The standard InChI is InChI=1S/C16H24N2O4S/c1-15-9-6-12(19)18(15)11(10-23-15)13(20)17-16(14(21)22-2)7-4-3-5-8-16/h11H,3-10H2,1-2H3,(H,17,20)/t11-,15-/m1/s1. The number of carbonyl (C=O) groups excluding carboxylic acids is 3. The molecule has 1 saturated carbocycles. The Kier molecular flexibility index (Phi) is 4.33. The molecule has 2 heterocycles. The number of hydrogen-bond acceptors (Lipinski definition) is 5. The summed E-state index contributed by atoms with van der Waals surface area (Å²) in [5, 5.41) is 2.95. The van der Waals surface area contributed by atoms with Gasteiger partial charge < -0.3 is 15.0 Å². The zero-order valence-electron chi connectivity index (χ0n) is 13.7. The van der Waals surface area contributed by atoms with Crippen molar-refractivity contribution in [1.29, 1.82) is 0 Å². The van der Waals surface area contributed by atoms with Crippen molar-refractivity contribution in [3.8, 4) is 0 Å². The lowest BCUT2D eigenvalue weighted by Crippen LogP contribution is -2.61. The van der Waals surface area contributed by atoms with E-state index in [2.05, 4.69) is 5.32 Å². The summed E-state index contributed by atoms with van der Waals surface area (Å²) >= 11 is 1.66. The van der Waals surface area contributed by atoms with Gasteiger partial charge in [0.15, 0.2) is 0 Å². The zero-order valence-corrected chi connectivity index (χ0v) is 14.5. The molecule has 7 heteroatoms. The normalized spacial score (nSPS) is 32.5. The fourth-order valence-corrected chi connectivity index (χ4v) is 5.50. The van der Waals surface area contributed by atoms with Crippen LogP contribution in [-0.4, -0.2) is 52.0 Å². The summed E-state index contributed by atoms with van der Waals surface area (Å²) < 4.78 is 4.94. The zero-order chi connectivity index (χ0) is 16.7. The molecule has 3 aliphatic rings. The van der Waals surface area contributed by atoms with Gasteiger partial charge in [-0.3, -0.25) is 9.59 Å². The molecule has 0 radical (unpaired) electrons. The van der Waals surface area contributed by atoms with Gasteiger partial charge in [0.25, 0.3) is 0 Å². The molecule has 0 aromatic heterocycles. The second kappa shape index (κ2) is 6.00. The minimum Gasteiger partial charge on any atom is -0.467 e. The first-order chi connectivity index (χ1) is 10.9. The van der Waals surface area contributed by atoms with Gasteiger partial charge in [0, 0.05) is 12.2 Å². The largest absolute Gasteiger partial charge is 0.467 e. The number of ether oxygens (including phenoxy) is 1. The van der Waals surface area contributed by atoms with E-state index < -0.39 is 11.6 Å². The van der Waals surface area contributed by atoms with Crippen LogP contribution in [0, 0.1) is 0 Å². The fraction of sp³-hybridized carbons (Fsp3) is 0.812. The van der Waals surface area contributed by atoms with Gasteiger partial charge in [0.1, 0.15) is 11.6 Å². The molecule has 0 bridgehead atoms. The molecule has 1 N–H and O–H groups in total. The Labute approximate surface area is 140 Å². The molecule has 3 rings (SSSR count). The Morgan fingerprint density at radius 2 is 1.96 bits per heavy atom. The third kappa shape index (κ3) is 2.73. The van der Waals surface area contributed by atoms with E-state index in [1.54, 1.807) is 16.7 Å². The second-order valence-electron chi connectivity index (χ2n) is 6.89. The SMILES string of the molecule is COC(=O)C1(NC(=O)[C@H]2CS[C@]3(C)CCC(=O)N23)CCCCC1. The molecule has 2 amide bonds. The molecule has 2 atom stereocenters. The number of nitrogens with one attached hydrogen (secondary N) is 1. The summed E-state index contributed by atoms with van der Waals surface area (Å²) in [6.07, 6.45) is 5.35. The maximum atomic E-state index is 12.8. The summed E-state index contributed by atoms with van der Waals surface area (Å²) in [5.74, 6) is 0.0367. The van der Waals surface area contributed by atoms with Crippen LogP contribution in [-0.2, 0) is 19.1 Å². The van der Waals surface area contributed by atoms with Gasteiger partial charge in [-0.15, -0.1) is 11.8 Å². The summed E-state index contributed by atoms with van der Waals surface area (Å²) in [5.41, 5.74) is -0.920. The minimum atomic E-state index is -0.920. The molecule has 1 aliphatic carbocycles. The highest BCUT2D eigenvalue weighted by Gasteiger charge is 2.54. The highest BCUT2D eigenvalue weighted by Crippen LogP contribution is 2.47. The predicted octanol–water partition coefficient (Wildman–Crippen LogP) is 1.43. The second-order valence-corrected chi connectivity index (χ2v) is 8.39. The molecule has 0 unspecified atom stereocenters. The van der Waals surface area contributed by atoms with Gasteiger partial charge in [-0.05, 0) is 26.2 Å². The van der Waals surface area contributed by atoms with E-state index in [4.69, 9.17) is 4.74 Å². The monoisotopic (exact) mass is 340 g/mol. The van der Waals surface area contributed by atoms with E-state index in [1.165, 1.54) is 7.11 Å². The lowest BCUT2D eigenvalue weighted by molar-refractivity contribution is -0.153. The maximum absolute atomic E-state index is 12.8. The Morgan fingerprint density at radius 3 is 2.61 bits per heavy atom. The van der Waals surface area contributed by atoms with Crippen molar-refractivity contribution in [2.75, 3.05) is 12.9 Å². The molecule has 23 heavy (non-hydrogen) atoms. The van der Waals surface area contributed by atoms with Crippen molar-refractivity contribution in [3.63, 3.8) is 0 Å². The van der Waals surface area contributed by atoms with E-state index in [0.29, 0.717) is 25.0 Å². The third-order valence-electron chi connectivity index (χ3n) is 5.39. The first-order valence-corrected chi connectivity index (χ1v) is 9.27. The Balaban J connectivity index is 1.77.